The van der Waals surface area contributed by atoms with Crippen molar-refractivity contribution in [3.63, 3.8) is 0 Å². The van der Waals surface area contributed by atoms with E-state index in [1.807, 2.05) is 13.8 Å². The molecule has 0 aromatic carbocycles. The van der Waals surface area contributed by atoms with Gasteiger partial charge in [-0.1, -0.05) is 12.8 Å². The SMILES string of the molecule is CC(C)n1nccc1C(=O)N[C@@H]1CCCC[C@@H](O)[C@@H]1O. The second kappa shape index (κ2) is 6.37. The van der Waals surface area contributed by atoms with Gasteiger partial charge in [0.05, 0.1) is 18.2 Å². The molecule has 1 saturated carbocycles. The zero-order chi connectivity index (χ0) is 14.7. The third-order valence-corrected chi connectivity index (χ3v) is 3.78. The topological polar surface area (TPSA) is 87.4 Å². The Morgan fingerprint density at radius 2 is 2.10 bits per heavy atom. The summed E-state index contributed by atoms with van der Waals surface area (Å²) in [6.07, 6.45) is 2.94. The number of hydrogen-bond acceptors (Lipinski definition) is 4. The van der Waals surface area contributed by atoms with Gasteiger partial charge in [0.15, 0.2) is 0 Å². The van der Waals surface area contributed by atoms with E-state index in [1.165, 1.54) is 0 Å². The van der Waals surface area contributed by atoms with Crippen molar-refractivity contribution in [2.24, 2.45) is 0 Å². The molecule has 2 rings (SSSR count). The summed E-state index contributed by atoms with van der Waals surface area (Å²) in [6.45, 7) is 3.90. The number of carbonyl (C=O) groups is 1. The molecule has 3 N–H and O–H groups in total. The van der Waals surface area contributed by atoms with E-state index in [0.717, 1.165) is 12.8 Å². The summed E-state index contributed by atoms with van der Waals surface area (Å²) >= 11 is 0. The number of aliphatic hydroxyl groups excluding tert-OH is 2. The molecule has 1 amide bonds. The molecule has 0 radical (unpaired) electrons. The summed E-state index contributed by atoms with van der Waals surface area (Å²) in [5, 5.41) is 26.8. The van der Waals surface area contributed by atoms with Gasteiger partial charge in [-0.15, -0.1) is 0 Å². The van der Waals surface area contributed by atoms with Crippen molar-refractivity contribution >= 4 is 5.91 Å². The molecule has 6 nitrogen and oxygen atoms in total. The van der Waals surface area contributed by atoms with Crippen LogP contribution in [0, 0.1) is 0 Å². The number of carbonyl (C=O) groups excluding carboxylic acids is 1. The van der Waals surface area contributed by atoms with Crippen LogP contribution in [0.5, 0.6) is 0 Å². The van der Waals surface area contributed by atoms with Gasteiger partial charge in [-0.3, -0.25) is 9.48 Å². The lowest BCUT2D eigenvalue weighted by Crippen LogP contribution is -2.47. The first-order chi connectivity index (χ1) is 9.50. The van der Waals surface area contributed by atoms with Crippen LogP contribution in [-0.4, -0.2) is 44.2 Å². The van der Waals surface area contributed by atoms with Crippen molar-refractivity contribution in [1.29, 1.82) is 0 Å². The highest BCUT2D eigenvalue weighted by Crippen LogP contribution is 2.19. The van der Waals surface area contributed by atoms with Gasteiger partial charge >= 0.3 is 0 Å². The molecule has 112 valence electrons. The number of rotatable bonds is 3. The maximum absolute atomic E-state index is 12.3. The third-order valence-electron chi connectivity index (χ3n) is 3.78. The van der Waals surface area contributed by atoms with Crippen LogP contribution in [0.3, 0.4) is 0 Å². The number of aromatic nitrogens is 2. The Kier molecular flexibility index (Phi) is 4.77. The monoisotopic (exact) mass is 281 g/mol. The van der Waals surface area contributed by atoms with Crippen LogP contribution >= 0.6 is 0 Å². The number of nitrogens with one attached hydrogen (secondary N) is 1. The first-order valence-corrected chi connectivity index (χ1v) is 7.21. The highest BCUT2D eigenvalue weighted by Gasteiger charge is 2.30. The molecule has 3 atom stereocenters. The second-order valence-electron chi connectivity index (χ2n) is 5.68. The van der Waals surface area contributed by atoms with E-state index in [0.29, 0.717) is 18.5 Å². The molecule has 1 aliphatic carbocycles. The van der Waals surface area contributed by atoms with E-state index < -0.39 is 18.2 Å². The Balaban J connectivity index is 2.08. The van der Waals surface area contributed by atoms with Gasteiger partial charge in [-0.2, -0.15) is 5.10 Å². The lowest BCUT2D eigenvalue weighted by molar-refractivity contribution is -0.00134. The minimum atomic E-state index is -0.906. The molecule has 20 heavy (non-hydrogen) atoms. The number of amides is 1. The summed E-state index contributed by atoms with van der Waals surface area (Å²) in [7, 11) is 0. The zero-order valence-electron chi connectivity index (χ0n) is 12.0. The maximum Gasteiger partial charge on any atom is 0.269 e. The Morgan fingerprint density at radius 1 is 1.40 bits per heavy atom. The summed E-state index contributed by atoms with van der Waals surface area (Å²) < 4.78 is 1.65. The Bertz CT molecular complexity index is 458. The van der Waals surface area contributed by atoms with Crippen molar-refractivity contribution in [2.75, 3.05) is 0 Å². The molecule has 1 aromatic rings. The highest BCUT2D eigenvalue weighted by atomic mass is 16.3. The molecule has 0 aliphatic heterocycles. The van der Waals surface area contributed by atoms with E-state index in [2.05, 4.69) is 10.4 Å². The Labute approximate surface area is 118 Å². The van der Waals surface area contributed by atoms with Gasteiger partial charge in [0.25, 0.3) is 5.91 Å². The molecular formula is C14H23N3O3. The molecule has 1 aliphatic rings. The van der Waals surface area contributed by atoms with E-state index in [4.69, 9.17) is 0 Å². The largest absolute Gasteiger partial charge is 0.390 e. The van der Waals surface area contributed by atoms with Crippen molar-refractivity contribution in [2.45, 2.75) is 63.8 Å². The van der Waals surface area contributed by atoms with Crippen LogP contribution in [0.15, 0.2) is 12.3 Å². The molecule has 1 fully saturated rings. The first kappa shape index (κ1) is 15.0. The lowest BCUT2D eigenvalue weighted by Gasteiger charge is -2.25. The van der Waals surface area contributed by atoms with Crippen LogP contribution in [0.4, 0.5) is 0 Å². The molecular weight excluding hydrogens is 258 g/mol. The Morgan fingerprint density at radius 3 is 2.80 bits per heavy atom. The third kappa shape index (κ3) is 3.19. The van der Waals surface area contributed by atoms with Gasteiger partial charge < -0.3 is 15.5 Å². The lowest BCUT2D eigenvalue weighted by atomic mass is 10.0. The number of hydrogen-bond donors (Lipinski definition) is 3. The van der Waals surface area contributed by atoms with Crippen LogP contribution in [0.1, 0.15) is 56.1 Å². The quantitative estimate of drug-likeness (QED) is 0.717. The van der Waals surface area contributed by atoms with Crippen molar-refractivity contribution in [1.82, 2.24) is 15.1 Å². The maximum atomic E-state index is 12.3. The van der Waals surface area contributed by atoms with Crippen LogP contribution in [-0.2, 0) is 0 Å². The number of aliphatic hydroxyl groups is 2. The average Bonchev–Trinajstić information content (AvgIpc) is 2.85. The molecule has 0 unspecified atom stereocenters. The average molecular weight is 281 g/mol. The number of nitrogens with zero attached hydrogens (tertiary/aromatic N) is 2. The van der Waals surface area contributed by atoms with E-state index >= 15 is 0 Å². The minimum Gasteiger partial charge on any atom is -0.390 e. The summed E-state index contributed by atoms with van der Waals surface area (Å²) in [5.74, 6) is -0.255. The fraction of sp³-hybridized carbons (Fsp3) is 0.714. The van der Waals surface area contributed by atoms with Gasteiger partial charge in [-0.25, -0.2) is 0 Å². The van der Waals surface area contributed by atoms with E-state index in [1.54, 1.807) is 16.9 Å². The van der Waals surface area contributed by atoms with E-state index in [-0.39, 0.29) is 11.9 Å². The summed E-state index contributed by atoms with van der Waals surface area (Å²) in [4.78, 5) is 12.3. The second-order valence-corrected chi connectivity index (χ2v) is 5.68. The normalized spacial score (nSPS) is 27.4. The molecule has 1 aromatic heterocycles. The predicted octanol–water partition coefficient (Wildman–Crippen LogP) is 0.858. The summed E-state index contributed by atoms with van der Waals surface area (Å²) in [6, 6.07) is 1.35. The predicted molar refractivity (Wildman–Crippen MR) is 74.3 cm³/mol. The van der Waals surface area contributed by atoms with Gasteiger partial charge in [0, 0.05) is 12.2 Å². The fourth-order valence-corrected chi connectivity index (χ4v) is 2.63. The summed E-state index contributed by atoms with van der Waals surface area (Å²) in [5.41, 5.74) is 0.478. The van der Waals surface area contributed by atoms with Gasteiger partial charge in [0.1, 0.15) is 5.69 Å². The van der Waals surface area contributed by atoms with E-state index in [9.17, 15) is 15.0 Å². The molecule has 1 heterocycles. The fourth-order valence-electron chi connectivity index (χ4n) is 2.63. The minimum absolute atomic E-state index is 0.0930. The van der Waals surface area contributed by atoms with Crippen molar-refractivity contribution in [3.8, 4) is 0 Å². The van der Waals surface area contributed by atoms with Crippen molar-refractivity contribution < 1.29 is 15.0 Å². The van der Waals surface area contributed by atoms with Crippen LogP contribution in [0.2, 0.25) is 0 Å². The first-order valence-electron chi connectivity index (χ1n) is 7.21. The van der Waals surface area contributed by atoms with Crippen LogP contribution < -0.4 is 5.32 Å². The van der Waals surface area contributed by atoms with Crippen LogP contribution in [0.25, 0.3) is 0 Å². The Hall–Kier alpha value is -1.40. The standard InChI is InChI=1S/C14H23N3O3/c1-9(2)17-11(7-8-15-17)14(20)16-10-5-3-4-6-12(18)13(10)19/h7-10,12-13,18-19H,3-6H2,1-2H3,(H,16,20)/t10-,12-,13-/m1/s1. The van der Waals surface area contributed by atoms with Gasteiger partial charge in [-0.05, 0) is 32.8 Å². The molecule has 6 heteroatoms. The van der Waals surface area contributed by atoms with Crippen molar-refractivity contribution in [3.05, 3.63) is 18.0 Å². The molecule has 0 spiro atoms. The molecule has 0 bridgehead atoms. The zero-order valence-corrected chi connectivity index (χ0v) is 12.0. The van der Waals surface area contributed by atoms with Gasteiger partial charge in [0.2, 0.25) is 0 Å². The molecule has 0 saturated heterocycles. The smallest absolute Gasteiger partial charge is 0.269 e. The highest BCUT2D eigenvalue weighted by molar-refractivity contribution is 5.92.